The van der Waals surface area contributed by atoms with E-state index in [9.17, 15) is 22.8 Å². The fraction of sp³-hybridized carbons (Fsp3) is 0.276. The minimum Gasteiger partial charge on any atom is -0.316 e. The number of likely N-dealkylation sites (tertiary alicyclic amines) is 1. The van der Waals surface area contributed by atoms with E-state index < -0.39 is 17.3 Å². The summed E-state index contributed by atoms with van der Waals surface area (Å²) in [6.45, 7) is 4.21. The molecule has 0 atom stereocenters. The molecule has 0 spiro atoms. The smallest absolute Gasteiger partial charge is 0.316 e. The number of carbonyl (C=O) groups is 1. The standard InChI is InChI=1S/C29H26F3N5O2/c30-29(31,32)24-5-3-4-23-25(24)26(34-35-27(23)38)19-8-10-22(11-9-19)33-28(39)37-16-20-7-6-18(14-21(20)17-37)15-36-12-1-2-13-36/h3-11,14H,1-2,12-13,15-17H2,(H,33,39)(H,35,38). The third-order valence-corrected chi connectivity index (χ3v) is 7.42. The predicted octanol–water partition coefficient (Wildman–Crippen LogP) is 5.75. The van der Waals surface area contributed by atoms with Crippen molar-refractivity contribution in [2.45, 2.75) is 38.7 Å². The van der Waals surface area contributed by atoms with Gasteiger partial charge in [-0.1, -0.05) is 36.4 Å². The third-order valence-electron chi connectivity index (χ3n) is 7.42. The highest BCUT2D eigenvalue weighted by atomic mass is 19.4. The summed E-state index contributed by atoms with van der Waals surface area (Å²) in [6.07, 6.45) is -2.17. The van der Waals surface area contributed by atoms with Crippen LogP contribution in [-0.4, -0.2) is 39.1 Å². The zero-order valence-electron chi connectivity index (χ0n) is 21.0. The molecule has 0 aliphatic carbocycles. The second-order valence-electron chi connectivity index (χ2n) is 10.1. The Morgan fingerprint density at radius 2 is 1.72 bits per heavy atom. The molecule has 0 saturated carbocycles. The largest absolute Gasteiger partial charge is 0.417 e. The Labute approximate surface area is 222 Å². The molecular weight excluding hydrogens is 507 g/mol. The zero-order valence-corrected chi connectivity index (χ0v) is 21.0. The molecule has 4 aromatic rings. The number of aromatic nitrogens is 2. The van der Waals surface area contributed by atoms with Crippen LogP contribution in [0.3, 0.4) is 0 Å². The number of fused-ring (bicyclic) bond motifs is 2. The highest BCUT2D eigenvalue weighted by Crippen LogP contribution is 2.38. The number of amides is 2. The monoisotopic (exact) mass is 533 g/mol. The number of aromatic amines is 1. The average molecular weight is 534 g/mol. The number of alkyl halides is 3. The number of anilines is 1. The van der Waals surface area contributed by atoms with Crippen molar-refractivity contribution in [3.63, 3.8) is 0 Å². The zero-order chi connectivity index (χ0) is 27.1. The van der Waals surface area contributed by atoms with Gasteiger partial charge >= 0.3 is 12.2 Å². The minimum absolute atomic E-state index is 0.00938. The summed E-state index contributed by atoms with van der Waals surface area (Å²) >= 11 is 0. The van der Waals surface area contributed by atoms with Gasteiger partial charge in [-0.25, -0.2) is 9.89 Å². The number of urea groups is 1. The Bertz CT molecular complexity index is 1610. The van der Waals surface area contributed by atoms with Gasteiger partial charge in [0, 0.05) is 36.3 Å². The summed E-state index contributed by atoms with van der Waals surface area (Å²) in [7, 11) is 0. The third kappa shape index (κ3) is 4.99. The molecule has 2 amide bonds. The van der Waals surface area contributed by atoms with Gasteiger partial charge in [0.2, 0.25) is 0 Å². The van der Waals surface area contributed by atoms with Crippen LogP contribution in [0.2, 0.25) is 0 Å². The first kappa shape index (κ1) is 25.1. The van der Waals surface area contributed by atoms with E-state index in [1.807, 2.05) is 0 Å². The summed E-state index contributed by atoms with van der Waals surface area (Å²) in [5.74, 6) is 0. The van der Waals surface area contributed by atoms with Crippen molar-refractivity contribution in [3.8, 4) is 11.3 Å². The normalized spacial score (nSPS) is 15.6. The lowest BCUT2D eigenvalue weighted by Gasteiger charge is -2.17. The summed E-state index contributed by atoms with van der Waals surface area (Å²) in [5, 5.41) is 8.74. The van der Waals surface area contributed by atoms with Crippen molar-refractivity contribution >= 4 is 22.5 Å². The number of H-pyrrole nitrogens is 1. The van der Waals surface area contributed by atoms with E-state index in [1.54, 1.807) is 29.2 Å². The van der Waals surface area contributed by atoms with Crippen LogP contribution in [0.1, 0.15) is 35.1 Å². The van der Waals surface area contributed by atoms with Crippen LogP contribution >= 0.6 is 0 Å². The summed E-state index contributed by atoms with van der Waals surface area (Å²) in [4.78, 5) is 29.4. The first-order valence-corrected chi connectivity index (χ1v) is 12.8. The maximum Gasteiger partial charge on any atom is 0.417 e. The van der Waals surface area contributed by atoms with E-state index in [0.29, 0.717) is 24.3 Å². The van der Waals surface area contributed by atoms with Crippen LogP contribution in [0.4, 0.5) is 23.7 Å². The van der Waals surface area contributed by atoms with Crippen molar-refractivity contribution in [2.24, 2.45) is 0 Å². The molecule has 1 saturated heterocycles. The van der Waals surface area contributed by atoms with Crippen LogP contribution in [0.5, 0.6) is 0 Å². The summed E-state index contributed by atoms with van der Waals surface area (Å²) in [5.41, 5.74) is 2.79. The van der Waals surface area contributed by atoms with Crippen molar-refractivity contribution in [1.29, 1.82) is 0 Å². The lowest BCUT2D eigenvalue weighted by molar-refractivity contribution is -0.136. The molecule has 0 unspecified atom stereocenters. The fourth-order valence-corrected chi connectivity index (χ4v) is 5.47. The topological polar surface area (TPSA) is 81.3 Å². The molecule has 10 heteroatoms. The summed E-state index contributed by atoms with van der Waals surface area (Å²) in [6, 6.07) is 16.0. The van der Waals surface area contributed by atoms with Crippen LogP contribution in [0, 0.1) is 0 Å². The van der Waals surface area contributed by atoms with E-state index in [2.05, 4.69) is 38.6 Å². The van der Waals surface area contributed by atoms with Gasteiger partial charge in [-0.2, -0.15) is 18.3 Å². The van der Waals surface area contributed by atoms with E-state index >= 15 is 0 Å². The Hall–Kier alpha value is -4.18. The molecule has 1 fully saturated rings. The molecule has 0 radical (unpaired) electrons. The number of nitrogens with one attached hydrogen (secondary N) is 2. The number of nitrogens with zero attached hydrogens (tertiary/aromatic N) is 3. The molecule has 200 valence electrons. The van der Waals surface area contributed by atoms with Gasteiger partial charge in [-0.15, -0.1) is 0 Å². The number of benzene rings is 3. The number of hydrogen-bond donors (Lipinski definition) is 2. The van der Waals surface area contributed by atoms with Gasteiger partial charge in [-0.3, -0.25) is 9.69 Å². The molecule has 2 aliphatic rings. The summed E-state index contributed by atoms with van der Waals surface area (Å²) < 4.78 is 41.2. The van der Waals surface area contributed by atoms with E-state index in [0.717, 1.165) is 36.8 Å². The predicted molar refractivity (Wildman–Crippen MR) is 142 cm³/mol. The van der Waals surface area contributed by atoms with Gasteiger partial charge in [0.25, 0.3) is 5.56 Å². The molecule has 2 aliphatic heterocycles. The van der Waals surface area contributed by atoms with Gasteiger partial charge in [0.1, 0.15) is 0 Å². The maximum absolute atomic E-state index is 13.7. The Kier molecular flexibility index (Phi) is 6.34. The van der Waals surface area contributed by atoms with E-state index in [-0.39, 0.29) is 22.5 Å². The van der Waals surface area contributed by atoms with Crippen LogP contribution in [-0.2, 0) is 25.8 Å². The molecule has 2 N–H and O–H groups in total. The van der Waals surface area contributed by atoms with Crippen molar-refractivity contribution in [2.75, 3.05) is 18.4 Å². The SMILES string of the molecule is O=C(Nc1ccc(-c2n[nH]c(=O)c3cccc(C(F)(F)F)c23)cc1)N1Cc2ccc(CN3CCCC3)cc2C1. The Balaban J connectivity index is 1.18. The quantitative estimate of drug-likeness (QED) is 0.350. The van der Waals surface area contributed by atoms with Gasteiger partial charge in [0.15, 0.2) is 0 Å². The number of halogens is 3. The molecule has 3 heterocycles. The molecule has 7 nitrogen and oxygen atoms in total. The van der Waals surface area contributed by atoms with Crippen molar-refractivity contribution in [1.82, 2.24) is 20.0 Å². The van der Waals surface area contributed by atoms with E-state index in [1.165, 1.54) is 30.5 Å². The van der Waals surface area contributed by atoms with Crippen LogP contribution in [0.15, 0.2) is 65.5 Å². The number of carbonyl (C=O) groups excluding carboxylic acids is 1. The minimum atomic E-state index is -4.65. The molecule has 1 aromatic heterocycles. The first-order valence-electron chi connectivity index (χ1n) is 12.8. The Morgan fingerprint density at radius 1 is 0.974 bits per heavy atom. The second-order valence-corrected chi connectivity index (χ2v) is 10.1. The lowest BCUT2D eigenvalue weighted by Crippen LogP contribution is -2.30. The number of rotatable bonds is 4. The van der Waals surface area contributed by atoms with Gasteiger partial charge in [-0.05, 0) is 66.9 Å². The number of hydrogen-bond acceptors (Lipinski definition) is 4. The molecule has 3 aromatic carbocycles. The highest BCUT2D eigenvalue weighted by Gasteiger charge is 2.34. The fourth-order valence-electron chi connectivity index (χ4n) is 5.47. The second kappa shape index (κ2) is 9.85. The molecule has 39 heavy (non-hydrogen) atoms. The van der Waals surface area contributed by atoms with Crippen molar-refractivity contribution < 1.29 is 18.0 Å². The Morgan fingerprint density at radius 3 is 2.46 bits per heavy atom. The average Bonchev–Trinajstić information content (AvgIpc) is 3.59. The highest BCUT2D eigenvalue weighted by molar-refractivity contribution is 5.97. The van der Waals surface area contributed by atoms with Crippen molar-refractivity contribution in [3.05, 3.63) is 93.3 Å². The maximum atomic E-state index is 13.7. The van der Waals surface area contributed by atoms with Gasteiger partial charge < -0.3 is 10.2 Å². The molecule has 6 rings (SSSR count). The van der Waals surface area contributed by atoms with Crippen LogP contribution < -0.4 is 10.9 Å². The molecule has 0 bridgehead atoms. The van der Waals surface area contributed by atoms with Crippen LogP contribution in [0.25, 0.3) is 22.0 Å². The lowest BCUT2D eigenvalue weighted by atomic mass is 9.99. The molecular formula is C29H26F3N5O2. The van der Waals surface area contributed by atoms with E-state index in [4.69, 9.17) is 0 Å². The first-order chi connectivity index (χ1) is 18.8. The van der Waals surface area contributed by atoms with Gasteiger partial charge in [0.05, 0.1) is 16.6 Å².